The molecule has 2 rings (SSSR count). The smallest absolute Gasteiger partial charge is 0.240 e. The Kier molecular flexibility index (Phi) is 3.26. The summed E-state index contributed by atoms with van der Waals surface area (Å²) in [6.45, 7) is 0. The molecule has 0 amide bonds. The van der Waals surface area contributed by atoms with Crippen LogP contribution in [0.4, 0.5) is 5.69 Å². The molecule has 1 aromatic carbocycles. The maximum absolute atomic E-state index is 11.5. The molecule has 1 aliphatic carbocycles. The van der Waals surface area contributed by atoms with Crippen molar-refractivity contribution in [2.75, 3.05) is 12.8 Å². The van der Waals surface area contributed by atoms with E-state index < -0.39 is 10.0 Å². The van der Waals surface area contributed by atoms with Gasteiger partial charge in [0.05, 0.1) is 16.7 Å². The SMILES string of the molecule is CNS(=O)(=O)c1ccc(OC2CCC2)c(N)c1. The highest BCUT2D eigenvalue weighted by Crippen LogP contribution is 2.30. The van der Waals surface area contributed by atoms with E-state index in [1.807, 2.05) is 0 Å². The predicted molar refractivity (Wildman–Crippen MR) is 65.4 cm³/mol. The van der Waals surface area contributed by atoms with Crippen LogP contribution in [0.5, 0.6) is 5.75 Å². The van der Waals surface area contributed by atoms with Crippen molar-refractivity contribution in [2.45, 2.75) is 30.3 Å². The van der Waals surface area contributed by atoms with Gasteiger partial charge in [0.1, 0.15) is 5.75 Å². The largest absolute Gasteiger partial charge is 0.488 e. The number of nitrogens with two attached hydrogens (primary N) is 1. The molecular formula is C11H16N2O3S. The van der Waals surface area contributed by atoms with E-state index in [1.165, 1.54) is 25.6 Å². The van der Waals surface area contributed by atoms with Gasteiger partial charge in [-0.05, 0) is 44.5 Å². The molecule has 94 valence electrons. The van der Waals surface area contributed by atoms with Gasteiger partial charge in [-0.2, -0.15) is 0 Å². The normalized spacial score (nSPS) is 16.5. The summed E-state index contributed by atoms with van der Waals surface area (Å²) in [5, 5.41) is 0. The summed E-state index contributed by atoms with van der Waals surface area (Å²) < 4.78 is 31.0. The van der Waals surface area contributed by atoms with Crippen molar-refractivity contribution < 1.29 is 13.2 Å². The summed E-state index contributed by atoms with van der Waals surface area (Å²) in [7, 11) is -2.08. The number of ether oxygens (including phenoxy) is 1. The van der Waals surface area contributed by atoms with E-state index in [1.54, 1.807) is 6.07 Å². The van der Waals surface area contributed by atoms with Crippen molar-refractivity contribution in [2.24, 2.45) is 0 Å². The van der Waals surface area contributed by atoms with Crippen LogP contribution in [-0.4, -0.2) is 21.6 Å². The standard InChI is InChI=1S/C11H16N2O3S/c1-13-17(14,15)9-5-6-11(10(12)7-9)16-8-3-2-4-8/h5-8,13H,2-4,12H2,1H3. The van der Waals surface area contributed by atoms with Crippen molar-refractivity contribution in [1.29, 1.82) is 0 Å². The van der Waals surface area contributed by atoms with Crippen LogP contribution in [0.1, 0.15) is 19.3 Å². The van der Waals surface area contributed by atoms with Gasteiger partial charge in [-0.3, -0.25) is 0 Å². The molecule has 5 nitrogen and oxygen atoms in total. The summed E-state index contributed by atoms with van der Waals surface area (Å²) in [4.78, 5) is 0.151. The van der Waals surface area contributed by atoms with Gasteiger partial charge in [-0.25, -0.2) is 13.1 Å². The van der Waals surface area contributed by atoms with Gasteiger partial charge < -0.3 is 10.5 Å². The minimum Gasteiger partial charge on any atom is -0.488 e. The molecule has 0 heterocycles. The first-order valence-electron chi connectivity index (χ1n) is 5.52. The molecule has 0 saturated heterocycles. The first-order chi connectivity index (χ1) is 8.03. The molecular weight excluding hydrogens is 240 g/mol. The monoisotopic (exact) mass is 256 g/mol. The number of hydrogen-bond donors (Lipinski definition) is 2. The van der Waals surface area contributed by atoms with Gasteiger partial charge in [0.2, 0.25) is 10.0 Å². The van der Waals surface area contributed by atoms with Crippen LogP contribution < -0.4 is 15.2 Å². The topological polar surface area (TPSA) is 81.4 Å². The van der Waals surface area contributed by atoms with E-state index >= 15 is 0 Å². The Bertz CT molecular complexity index is 509. The molecule has 0 atom stereocenters. The minimum atomic E-state index is -3.44. The zero-order valence-corrected chi connectivity index (χ0v) is 10.5. The van der Waals surface area contributed by atoms with Crippen LogP contribution in [0.3, 0.4) is 0 Å². The van der Waals surface area contributed by atoms with Crippen molar-refractivity contribution >= 4 is 15.7 Å². The third-order valence-corrected chi connectivity index (χ3v) is 4.32. The van der Waals surface area contributed by atoms with Crippen LogP contribution in [0.15, 0.2) is 23.1 Å². The Morgan fingerprint density at radius 3 is 2.59 bits per heavy atom. The van der Waals surface area contributed by atoms with Gasteiger partial charge in [-0.1, -0.05) is 0 Å². The maximum atomic E-state index is 11.5. The highest BCUT2D eigenvalue weighted by Gasteiger charge is 2.21. The van der Waals surface area contributed by atoms with Crippen molar-refractivity contribution in [3.63, 3.8) is 0 Å². The molecule has 0 radical (unpaired) electrons. The lowest BCUT2D eigenvalue weighted by molar-refractivity contribution is 0.121. The molecule has 0 unspecified atom stereocenters. The fourth-order valence-electron chi connectivity index (χ4n) is 1.59. The number of rotatable bonds is 4. The third-order valence-electron chi connectivity index (χ3n) is 2.91. The lowest BCUT2D eigenvalue weighted by Crippen LogP contribution is -2.25. The van der Waals surface area contributed by atoms with Crippen molar-refractivity contribution in [3.8, 4) is 5.75 Å². The van der Waals surface area contributed by atoms with E-state index in [9.17, 15) is 8.42 Å². The second kappa shape index (κ2) is 4.54. The second-order valence-corrected chi connectivity index (χ2v) is 5.96. The fraction of sp³-hybridized carbons (Fsp3) is 0.455. The molecule has 3 N–H and O–H groups in total. The zero-order chi connectivity index (χ0) is 12.5. The molecule has 0 aromatic heterocycles. The van der Waals surface area contributed by atoms with E-state index in [0.29, 0.717) is 11.4 Å². The molecule has 0 spiro atoms. The third kappa shape index (κ3) is 2.53. The Labute approximate surface area is 101 Å². The Hall–Kier alpha value is -1.27. The number of nitrogen functional groups attached to an aromatic ring is 1. The van der Waals surface area contributed by atoms with E-state index in [2.05, 4.69) is 4.72 Å². The number of sulfonamides is 1. The van der Waals surface area contributed by atoms with Crippen LogP contribution in [0, 0.1) is 0 Å². The Balaban J connectivity index is 2.22. The average Bonchev–Trinajstić information content (AvgIpc) is 2.25. The lowest BCUT2D eigenvalue weighted by Gasteiger charge is -2.27. The number of hydrogen-bond acceptors (Lipinski definition) is 4. The molecule has 1 saturated carbocycles. The molecule has 0 aliphatic heterocycles. The van der Waals surface area contributed by atoms with Crippen LogP contribution in [0.25, 0.3) is 0 Å². The summed E-state index contributed by atoms with van der Waals surface area (Å²) >= 11 is 0. The summed E-state index contributed by atoms with van der Waals surface area (Å²) in [6, 6.07) is 4.52. The van der Waals surface area contributed by atoms with Crippen molar-refractivity contribution in [3.05, 3.63) is 18.2 Å². The Morgan fingerprint density at radius 1 is 1.41 bits per heavy atom. The fourth-order valence-corrected chi connectivity index (χ4v) is 2.35. The summed E-state index contributed by atoms with van der Waals surface area (Å²) in [6.07, 6.45) is 3.48. The Morgan fingerprint density at radius 2 is 2.12 bits per heavy atom. The number of benzene rings is 1. The first kappa shape index (κ1) is 12.2. The van der Waals surface area contributed by atoms with Crippen molar-refractivity contribution in [1.82, 2.24) is 4.72 Å². The molecule has 1 fully saturated rings. The van der Waals surface area contributed by atoms with E-state index in [-0.39, 0.29) is 11.0 Å². The molecule has 0 bridgehead atoms. The van der Waals surface area contributed by atoms with E-state index in [4.69, 9.17) is 10.5 Å². The maximum Gasteiger partial charge on any atom is 0.240 e. The quantitative estimate of drug-likeness (QED) is 0.791. The van der Waals surface area contributed by atoms with Crippen LogP contribution in [-0.2, 0) is 10.0 Å². The predicted octanol–water partition coefficient (Wildman–Crippen LogP) is 1.11. The van der Waals surface area contributed by atoms with Gasteiger partial charge in [0.15, 0.2) is 0 Å². The minimum absolute atomic E-state index is 0.151. The second-order valence-electron chi connectivity index (χ2n) is 4.08. The zero-order valence-electron chi connectivity index (χ0n) is 9.64. The summed E-state index contributed by atoms with van der Waals surface area (Å²) in [5.41, 5.74) is 6.14. The van der Waals surface area contributed by atoms with E-state index in [0.717, 1.165) is 12.8 Å². The van der Waals surface area contributed by atoms with Gasteiger partial charge in [0.25, 0.3) is 0 Å². The molecule has 1 aromatic rings. The van der Waals surface area contributed by atoms with Crippen LogP contribution >= 0.6 is 0 Å². The first-order valence-corrected chi connectivity index (χ1v) is 7.01. The lowest BCUT2D eigenvalue weighted by atomic mass is 9.96. The average molecular weight is 256 g/mol. The highest BCUT2D eigenvalue weighted by molar-refractivity contribution is 7.89. The van der Waals surface area contributed by atoms with Gasteiger partial charge >= 0.3 is 0 Å². The highest BCUT2D eigenvalue weighted by atomic mass is 32.2. The molecule has 6 heteroatoms. The summed E-state index contributed by atoms with van der Waals surface area (Å²) in [5.74, 6) is 0.560. The molecule has 17 heavy (non-hydrogen) atoms. The van der Waals surface area contributed by atoms with Gasteiger partial charge in [-0.15, -0.1) is 0 Å². The molecule has 1 aliphatic rings. The number of nitrogens with one attached hydrogen (secondary N) is 1. The number of anilines is 1. The van der Waals surface area contributed by atoms with Crippen LogP contribution in [0.2, 0.25) is 0 Å². The van der Waals surface area contributed by atoms with Gasteiger partial charge in [0, 0.05) is 0 Å².